The smallest absolute Gasteiger partial charge is 0.0865 e. The maximum atomic E-state index is 6.09. The molecule has 118 valence electrons. The summed E-state index contributed by atoms with van der Waals surface area (Å²) in [4.78, 5) is 0. The maximum absolute atomic E-state index is 6.09. The number of rotatable bonds is 6. The van der Waals surface area contributed by atoms with Crippen molar-refractivity contribution in [1.29, 1.82) is 0 Å². The van der Waals surface area contributed by atoms with Crippen LogP contribution in [-0.2, 0) is 4.74 Å². The number of hydrogen-bond donors (Lipinski definition) is 1. The van der Waals surface area contributed by atoms with Crippen LogP contribution in [0.2, 0.25) is 0 Å². The van der Waals surface area contributed by atoms with E-state index in [9.17, 15) is 0 Å². The molecule has 2 nitrogen and oxygen atoms in total. The van der Waals surface area contributed by atoms with Crippen LogP contribution in [0.25, 0.3) is 0 Å². The first kappa shape index (κ1) is 16.5. The second kappa shape index (κ2) is 7.95. The van der Waals surface area contributed by atoms with Crippen LogP contribution in [0.3, 0.4) is 0 Å². The molecule has 1 saturated heterocycles. The molecule has 1 fully saturated rings. The third-order valence-corrected chi connectivity index (χ3v) is 4.34. The summed E-state index contributed by atoms with van der Waals surface area (Å²) in [6.07, 6.45) is 2.72. The normalized spacial score (nSPS) is 23.0. The van der Waals surface area contributed by atoms with Crippen molar-refractivity contribution in [1.82, 2.24) is 5.32 Å². The second-order valence-electron chi connectivity index (χ2n) is 7.07. The van der Waals surface area contributed by atoms with Gasteiger partial charge in [-0.2, -0.15) is 0 Å². The van der Waals surface area contributed by atoms with E-state index in [4.69, 9.17) is 4.74 Å². The number of benzene rings is 1. The van der Waals surface area contributed by atoms with Gasteiger partial charge in [0.05, 0.1) is 6.10 Å². The summed E-state index contributed by atoms with van der Waals surface area (Å²) in [6, 6.07) is 9.05. The molecular weight excluding hydrogens is 258 g/mol. The van der Waals surface area contributed by atoms with Crippen LogP contribution in [0, 0.1) is 11.8 Å². The molecule has 2 rings (SSSR count). The molecule has 0 aromatic heterocycles. The van der Waals surface area contributed by atoms with Crippen LogP contribution >= 0.6 is 0 Å². The molecule has 2 unspecified atom stereocenters. The molecule has 1 aromatic carbocycles. The Labute approximate surface area is 130 Å². The van der Waals surface area contributed by atoms with Crippen molar-refractivity contribution in [2.24, 2.45) is 11.8 Å². The monoisotopic (exact) mass is 289 g/mol. The van der Waals surface area contributed by atoms with Gasteiger partial charge in [0.2, 0.25) is 0 Å². The van der Waals surface area contributed by atoms with Gasteiger partial charge >= 0.3 is 0 Å². The van der Waals surface area contributed by atoms with E-state index in [1.165, 1.54) is 24.0 Å². The predicted molar refractivity (Wildman–Crippen MR) is 89.7 cm³/mol. The highest BCUT2D eigenvalue weighted by molar-refractivity contribution is 5.26. The molecule has 1 N–H and O–H groups in total. The number of ether oxygens (including phenoxy) is 1. The summed E-state index contributed by atoms with van der Waals surface area (Å²) in [5.74, 6) is 1.90. The van der Waals surface area contributed by atoms with Gasteiger partial charge in [0.25, 0.3) is 0 Å². The highest BCUT2D eigenvalue weighted by Gasteiger charge is 2.27. The topological polar surface area (TPSA) is 21.3 Å². The Morgan fingerprint density at radius 1 is 1.14 bits per heavy atom. The van der Waals surface area contributed by atoms with Gasteiger partial charge in [0.1, 0.15) is 0 Å². The zero-order chi connectivity index (χ0) is 15.2. The van der Waals surface area contributed by atoms with Crippen molar-refractivity contribution in [3.05, 3.63) is 35.4 Å². The van der Waals surface area contributed by atoms with Crippen molar-refractivity contribution in [3.8, 4) is 0 Å². The van der Waals surface area contributed by atoms with E-state index >= 15 is 0 Å². The zero-order valence-electron chi connectivity index (χ0n) is 14.1. The van der Waals surface area contributed by atoms with Crippen LogP contribution in [0.5, 0.6) is 0 Å². The lowest BCUT2D eigenvalue weighted by Gasteiger charge is -2.32. The summed E-state index contributed by atoms with van der Waals surface area (Å²) in [7, 11) is 0. The average Bonchev–Trinajstić information content (AvgIpc) is 2.47. The Hall–Kier alpha value is -0.860. The zero-order valence-corrected chi connectivity index (χ0v) is 14.1. The van der Waals surface area contributed by atoms with E-state index in [1.807, 2.05) is 0 Å². The minimum Gasteiger partial charge on any atom is -0.373 e. The van der Waals surface area contributed by atoms with Crippen LogP contribution < -0.4 is 5.32 Å². The fourth-order valence-electron chi connectivity index (χ4n) is 3.05. The average molecular weight is 289 g/mol. The third kappa shape index (κ3) is 4.82. The van der Waals surface area contributed by atoms with Crippen LogP contribution in [0.4, 0.5) is 0 Å². The van der Waals surface area contributed by atoms with Gasteiger partial charge in [0.15, 0.2) is 0 Å². The Bertz CT molecular complexity index is 410. The summed E-state index contributed by atoms with van der Waals surface area (Å²) in [5, 5.41) is 3.60. The first-order valence-corrected chi connectivity index (χ1v) is 8.50. The quantitative estimate of drug-likeness (QED) is 0.831. The largest absolute Gasteiger partial charge is 0.373 e. The molecule has 2 heteroatoms. The molecule has 0 spiro atoms. The SMILES string of the molecule is CC(C)CNCC1CCCOC1c1ccc(C(C)C)cc1. The lowest BCUT2D eigenvalue weighted by atomic mass is 9.88. The van der Waals surface area contributed by atoms with Gasteiger partial charge in [-0.05, 0) is 42.3 Å². The molecule has 0 amide bonds. The minimum absolute atomic E-state index is 0.264. The molecular formula is C19H31NO. The van der Waals surface area contributed by atoms with Crippen LogP contribution in [-0.4, -0.2) is 19.7 Å². The number of nitrogens with one attached hydrogen (secondary N) is 1. The summed E-state index contributed by atoms with van der Waals surface area (Å²) in [6.45, 7) is 12.1. The molecule has 0 aliphatic carbocycles. The van der Waals surface area contributed by atoms with E-state index in [0.717, 1.165) is 19.7 Å². The first-order chi connectivity index (χ1) is 10.1. The van der Waals surface area contributed by atoms with Gasteiger partial charge in [-0.15, -0.1) is 0 Å². The fourth-order valence-corrected chi connectivity index (χ4v) is 3.05. The van der Waals surface area contributed by atoms with Gasteiger partial charge < -0.3 is 10.1 Å². The highest BCUT2D eigenvalue weighted by Crippen LogP contribution is 2.33. The lowest BCUT2D eigenvalue weighted by Crippen LogP contribution is -2.33. The minimum atomic E-state index is 0.264. The molecule has 0 bridgehead atoms. The number of hydrogen-bond acceptors (Lipinski definition) is 2. The molecule has 2 atom stereocenters. The first-order valence-electron chi connectivity index (χ1n) is 8.50. The standard InChI is InChI=1S/C19H31NO/c1-14(2)12-20-13-18-6-5-11-21-19(18)17-9-7-16(8-10-17)15(3)4/h7-10,14-15,18-20H,5-6,11-13H2,1-4H3. The molecule has 21 heavy (non-hydrogen) atoms. The van der Waals surface area contributed by atoms with Crippen molar-refractivity contribution in [3.63, 3.8) is 0 Å². The molecule has 0 saturated carbocycles. The lowest BCUT2D eigenvalue weighted by molar-refractivity contribution is -0.0278. The van der Waals surface area contributed by atoms with Crippen molar-refractivity contribution >= 4 is 0 Å². The molecule has 1 aliphatic heterocycles. The Kier molecular flexibility index (Phi) is 6.25. The highest BCUT2D eigenvalue weighted by atomic mass is 16.5. The van der Waals surface area contributed by atoms with E-state index in [-0.39, 0.29) is 6.10 Å². The van der Waals surface area contributed by atoms with Gasteiger partial charge in [-0.1, -0.05) is 52.0 Å². The van der Waals surface area contributed by atoms with E-state index < -0.39 is 0 Å². The van der Waals surface area contributed by atoms with Gasteiger partial charge in [-0.3, -0.25) is 0 Å². The molecule has 1 heterocycles. The second-order valence-corrected chi connectivity index (χ2v) is 7.07. The Morgan fingerprint density at radius 3 is 2.48 bits per heavy atom. The molecule has 1 aromatic rings. The van der Waals surface area contributed by atoms with E-state index in [1.54, 1.807) is 0 Å². The summed E-state index contributed by atoms with van der Waals surface area (Å²) >= 11 is 0. The molecule has 0 radical (unpaired) electrons. The molecule has 1 aliphatic rings. The van der Waals surface area contributed by atoms with Gasteiger partial charge in [0, 0.05) is 19.1 Å². The van der Waals surface area contributed by atoms with E-state index in [0.29, 0.717) is 17.8 Å². The van der Waals surface area contributed by atoms with Gasteiger partial charge in [-0.25, -0.2) is 0 Å². The maximum Gasteiger partial charge on any atom is 0.0865 e. The summed E-state index contributed by atoms with van der Waals surface area (Å²) in [5.41, 5.74) is 2.75. The van der Waals surface area contributed by atoms with Crippen LogP contribution in [0.1, 0.15) is 63.7 Å². The van der Waals surface area contributed by atoms with Crippen molar-refractivity contribution < 1.29 is 4.74 Å². The third-order valence-electron chi connectivity index (χ3n) is 4.34. The van der Waals surface area contributed by atoms with Crippen molar-refractivity contribution in [2.75, 3.05) is 19.7 Å². The van der Waals surface area contributed by atoms with Crippen LogP contribution in [0.15, 0.2) is 24.3 Å². The van der Waals surface area contributed by atoms with Crippen molar-refractivity contribution in [2.45, 2.75) is 52.6 Å². The Balaban J connectivity index is 2.00. The predicted octanol–water partition coefficient (Wildman–Crippen LogP) is 4.52. The summed E-state index contributed by atoms with van der Waals surface area (Å²) < 4.78 is 6.09. The fraction of sp³-hybridized carbons (Fsp3) is 0.684. The van der Waals surface area contributed by atoms with E-state index in [2.05, 4.69) is 57.3 Å². The Morgan fingerprint density at radius 2 is 1.86 bits per heavy atom.